The van der Waals surface area contributed by atoms with E-state index in [9.17, 15) is 4.39 Å². The Bertz CT molecular complexity index is 397. The summed E-state index contributed by atoms with van der Waals surface area (Å²) in [7, 11) is 1.93. The lowest BCUT2D eigenvalue weighted by Crippen LogP contribution is -2.45. The Balaban J connectivity index is 2.05. The number of piperidine rings is 1. The number of alkyl halides is 1. The summed E-state index contributed by atoms with van der Waals surface area (Å²) < 4.78 is 19.5. The van der Waals surface area contributed by atoms with E-state index in [2.05, 4.69) is 0 Å². The molecule has 1 saturated heterocycles. The summed E-state index contributed by atoms with van der Waals surface area (Å²) in [6.45, 7) is 3.24. The predicted octanol–water partition coefficient (Wildman–Crippen LogP) is 2.00. The zero-order valence-corrected chi connectivity index (χ0v) is 10.3. The van der Waals surface area contributed by atoms with Gasteiger partial charge in [0.15, 0.2) is 0 Å². The SMILES string of the molecule is Cc1cc(N)ccc1O[C@H]1CCN(C)C[C@H]1F. The molecule has 17 heavy (non-hydrogen) atoms. The second kappa shape index (κ2) is 4.92. The summed E-state index contributed by atoms with van der Waals surface area (Å²) in [5, 5.41) is 0. The minimum Gasteiger partial charge on any atom is -0.487 e. The number of nitrogen functional groups attached to an aromatic ring is 1. The second-order valence-electron chi connectivity index (χ2n) is 4.75. The Hall–Kier alpha value is -1.29. The van der Waals surface area contributed by atoms with E-state index in [4.69, 9.17) is 10.5 Å². The Morgan fingerprint density at radius 2 is 2.24 bits per heavy atom. The molecule has 1 aromatic rings. The third-order valence-electron chi connectivity index (χ3n) is 3.16. The normalized spacial score (nSPS) is 25.8. The fraction of sp³-hybridized carbons (Fsp3) is 0.538. The van der Waals surface area contributed by atoms with Gasteiger partial charge in [0.2, 0.25) is 0 Å². The van der Waals surface area contributed by atoms with Crippen LogP contribution >= 0.6 is 0 Å². The van der Waals surface area contributed by atoms with Gasteiger partial charge in [-0.1, -0.05) is 0 Å². The van der Waals surface area contributed by atoms with Gasteiger partial charge in [-0.15, -0.1) is 0 Å². The second-order valence-corrected chi connectivity index (χ2v) is 4.75. The number of nitrogens with zero attached hydrogens (tertiary/aromatic N) is 1. The third-order valence-corrected chi connectivity index (χ3v) is 3.16. The maximum atomic E-state index is 13.8. The van der Waals surface area contributed by atoms with Crippen molar-refractivity contribution < 1.29 is 9.13 Å². The highest BCUT2D eigenvalue weighted by Gasteiger charge is 2.29. The van der Waals surface area contributed by atoms with Gasteiger partial charge in [-0.3, -0.25) is 0 Å². The van der Waals surface area contributed by atoms with Crippen molar-refractivity contribution in [3.8, 4) is 5.75 Å². The highest BCUT2D eigenvalue weighted by atomic mass is 19.1. The minimum atomic E-state index is -0.925. The molecule has 0 aliphatic carbocycles. The quantitative estimate of drug-likeness (QED) is 0.801. The lowest BCUT2D eigenvalue weighted by atomic mass is 10.1. The Morgan fingerprint density at radius 1 is 1.47 bits per heavy atom. The van der Waals surface area contributed by atoms with Crippen LogP contribution in [0.4, 0.5) is 10.1 Å². The van der Waals surface area contributed by atoms with Gasteiger partial charge in [0.05, 0.1) is 0 Å². The van der Waals surface area contributed by atoms with Gasteiger partial charge in [-0.05, 0) is 44.2 Å². The highest BCUT2D eigenvalue weighted by molar-refractivity contribution is 5.47. The zero-order chi connectivity index (χ0) is 12.4. The number of rotatable bonds is 2. The lowest BCUT2D eigenvalue weighted by molar-refractivity contribution is 0.0310. The van der Waals surface area contributed by atoms with Crippen LogP contribution in [0.1, 0.15) is 12.0 Å². The smallest absolute Gasteiger partial charge is 0.149 e. The number of hydrogen-bond donors (Lipinski definition) is 1. The average Bonchev–Trinajstić information content (AvgIpc) is 2.25. The Labute approximate surface area is 101 Å². The molecule has 3 nitrogen and oxygen atoms in total. The van der Waals surface area contributed by atoms with E-state index in [1.807, 2.05) is 31.0 Å². The average molecular weight is 238 g/mol. The van der Waals surface area contributed by atoms with Crippen LogP contribution in [-0.2, 0) is 0 Å². The molecule has 0 aromatic heterocycles. The molecule has 1 aliphatic heterocycles. The summed E-state index contributed by atoms with van der Waals surface area (Å²) in [4.78, 5) is 1.99. The van der Waals surface area contributed by atoms with Crippen molar-refractivity contribution in [1.82, 2.24) is 4.90 Å². The number of halogens is 1. The van der Waals surface area contributed by atoms with Gasteiger partial charge in [0.1, 0.15) is 18.0 Å². The molecule has 2 rings (SSSR count). The van der Waals surface area contributed by atoms with Gasteiger partial charge in [-0.2, -0.15) is 0 Å². The topological polar surface area (TPSA) is 38.5 Å². The molecule has 0 bridgehead atoms. The Kier molecular flexibility index (Phi) is 3.52. The van der Waals surface area contributed by atoms with Crippen molar-refractivity contribution in [2.24, 2.45) is 0 Å². The maximum absolute atomic E-state index is 13.8. The van der Waals surface area contributed by atoms with E-state index in [1.54, 1.807) is 6.07 Å². The number of aryl methyl sites for hydroxylation is 1. The van der Waals surface area contributed by atoms with E-state index in [0.717, 1.165) is 24.3 Å². The molecule has 1 aromatic carbocycles. The molecule has 4 heteroatoms. The van der Waals surface area contributed by atoms with Gasteiger partial charge < -0.3 is 15.4 Å². The molecule has 0 amide bonds. The summed E-state index contributed by atoms with van der Waals surface area (Å²) in [5.41, 5.74) is 7.33. The molecule has 2 atom stereocenters. The van der Waals surface area contributed by atoms with Crippen LogP contribution in [0.5, 0.6) is 5.75 Å². The van der Waals surface area contributed by atoms with Crippen LogP contribution in [0.15, 0.2) is 18.2 Å². The maximum Gasteiger partial charge on any atom is 0.149 e. The van der Waals surface area contributed by atoms with Gasteiger partial charge in [0, 0.05) is 18.8 Å². The van der Waals surface area contributed by atoms with Gasteiger partial charge >= 0.3 is 0 Å². The number of likely N-dealkylation sites (tertiary alicyclic amines) is 1. The molecular formula is C13H19FN2O. The molecule has 0 spiro atoms. The molecule has 1 aliphatic rings. The van der Waals surface area contributed by atoms with Crippen LogP contribution in [0, 0.1) is 6.92 Å². The predicted molar refractivity (Wildman–Crippen MR) is 67.0 cm³/mol. The number of nitrogens with two attached hydrogens (primary N) is 1. The largest absolute Gasteiger partial charge is 0.487 e. The summed E-state index contributed by atoms with van der Waals surface area (Å²) in [6.07, 6.45) is -0.541. The summed E-state index contributed by atoms with van der Waals surface area (Å²) >= 11 is 0. The first-order chi connectivity index (χ1) is 8.06. The minimum absolute atomic E-state index is 0.339. The molecule has 2 N–H and O–H groups in total. The third kappa shape index (κ3) is 2.88. The molecule has 1 heterocycles. The molecule has 0 saturated carbocycles. The van der Waals surface area contributed by atoms with Crippen LogP contribution in [0.25, 0.3) is 0 Å². The summed E-state index contributed by atoms with van der Waals surface area (Å²) in [6, 6.07) is 5.44. The van der Waals surface area contributed by atoms with E-state index in [0.29, 0.717) is 12.2 Å². The molecule has 1 fully saturated rings. The standard InChI is InChI=1S/C13H19FN2O/c1-9-7-10(15)3-4-12(9)17-13-5-6-16(2)8-11(13)14/h3-4,7,11,13H,5-6,8,15H2,1-2H3/t11-,13+/m1/s1. The number of anilines is 1. The van der Waals surface area contributed by atoms with Crippen molar-refractivity contribution in [2.75, 3.05) is 25.9 Å². The van der Waals surface area contributed by atoms with E-state index >= 15 is 0 Å². The number of hydrogen-bond acceptors (Lipinski definition) is 3. The molecule has 94 valence electrons. The monoisotopic (exact) mass is 238 g/mol. The zero-order valence-electron chi connectivity index (χ0n) is 10.3. The van der Waals surface area contributed by atoms with Crippen molar-refractivity contribution in [3.63, 3.8) is 0 Å². The molecular weight excluding hydrogens is 219 g/mol. The van der Waals surface area contributed by atoms with E-state index < -0.39 is 6.17 Å². The van der Waals surface area contributed by atoms with Crippen LogP contribution < -0.4 is 10.5 Å². The number of ether oxygens (including phenoxy) is 1. The first-order valence-electron chi connectivity index (χ1n) is 5.91. The van der Waals surface area contributed by atoms with Gasteiger partial charge in [0.25, 0.3) is 0 Å². The van der Waals surface area contributed by atoms with Crippen molar-refractivity contribution in [3.05, 3.63) is 23.8 Å². The molecule has 0 unspecified atom stereocenters. The van der Waals surface area contributed by atoms with E-state index in [1.165, 1.54) is 0 Å². The van der Waals surface area contributed by atoms with Gasteiger partial charge in [-0.25, -0.2) is 4.39 Å². The van der Waals surface area contributed by atoms with Crippen molar-refractivity contribution >= 4 is 5.69 Å². The lowest BCUT2D eigenvalue weighted by Gasteiger charge is -2.32. The van der Waals surface area contributed by atoms with Crippen molar-refractivity contribution in [1.29, 1.82) is 0 Å². The first kappa shape index (κ1) is 12.2. The van der Waals surface area contributed by atoms with Crippen molar-refractivity contribution in [2.45, 2.75) is 25.6 Å². The van der Waals surface area contributed by atoms with Crippen LogP contribution in [0.2, 0.25) is 0 Å². The number of benzene rings is 1. The first-order valence-corrected chi connectivity index (χ1v) is 5.91. The molecule has 0 radical (unpaired) electrons. The highest BCUT2D eigenvalue weighted by Crippen LogP contribution is 2.25. The summed E-state index contributed by atoms with van der Waals surface area (Å²) in [5.74, 6) is 0.733. The fourth-order valence-electron chi connectivity index (χ4n) is 2.14. The van der Waals surface area contributed by atoms with Crippen LogP contribution in [-0.4, -0.2) is 37.3 Å². The fourth-order valence-corrected chi connectivity index (χ4v) is 2.14. The Morgan fingerprint density at radius 3 is 2.88 bits per heavy atom. The van der Waals surface area contributed by atoms with Crippen LogP contribution in [0.3, 0.4) is 0 Å². The van der Waals surface area contributed by atoms with E-state index in [-0.39, 0.29) is 6.10 Å².